The van der Waals surface area contributed by atoms with Crippen LogP contribution in [-0.4, -0.2) is 9.38 Å². The number of rotatable bonds is 5. The standard InChI is InChI=1S/C19H26N2/c1-2-5-15(6-3-1)7-4-8-19-18(16-9-10-16)12-11-17-13-20-14-21(17)19/h11-16H,1-10H2. The summed E-state index contributed by atoms with van der Waals surface area (Å²) in [6.07, 6.45) is 18.1. The van der Waals surface area contributed by atoms with Gasteiger partial charge in [-0.3, -0.25) is 0 Å². The highest BCUT2D eigenvalue weighted by Crippen LogP contribution is 2.42. The van der Waals surface area contributed by atoms with Gasteiger partial charge >= 0.3 is 0 Å². The van der Waals surface area contributed by atoms with Crippen LogP contribution in [0, 0.1) is 5.92 Å². The fraction of sp³-hybridized carbons (Fsp3) is 0.632. The molecular formula is C19H26N2. The molecule has 0 amide bonds. The molecule has 2 heteroatoms. The zero-order valence-corrected chi connectivity index (χ0v) is 12.9. The minimum atomic E-state index is 0.835. The number of hydrogen-bond donors (Lipinski definition) is 0. The van der Waals surface area contributed by atoms with Gasteiger partial charge in [-0.05, 0) is 49.1 Å². The maximum atomic E-state index is 4.34. The molecule has 0 aliphatic heterocycles. The summed E-state index contributed by atoms with van der Waals surface area (Å²) in [4.78, 5) is 4.34. The van der Waals surface area contributed by atoms with E-state index in [0.29, 0.717) is 0 Å². The average molecular weight is 282 g/mol. The molecule has 2 aromatic rings. The molecule has 2 saturated carbocycles. The van der Waals surface area contributed by atoms with Crippen molar-refractivity contribution in [3.63, 3.8) is 0 Å². The molecule has 2 aromatic heterocycles. The molecule has 0 saturated heterocycles. The van der Waals surface area contributed by atoms with Gasteiger partial charge in [-0.25, -0.2) is 4.98 Å². The molecular weight excluding hydrogens is 256 g/mol. The molecule has 0 N–H and O–H groups in total. The maximum Gasteiger partial charge on any atom is 0.0994 e. The number of nitrogens with zero attached hydrogens (tertiary/aromatic N) is 2. The summed E-state index contributed by atoms with van der Waals surface area (Å²) in [6.45, 7) is 0. The van der Waals surface area contributed by atoms with Crippen LogP contribution in [0.25, 0.3) is 5.52 Å². The molecule has 2 fully saturated rings. The lowest BCUT2D eigenvalue weighted by Gasteiger charge is -2.21. The fourth-order valence-corrected chi connectivity index (χ4v) is 4.13. The van der Waals surface area contributed by atoms with Crippen LogP contribution in [0.5, 0.6) is 0 Å². The molecule has 112 valence electrons. The van der Waals surface area contributed by atoms with Gasteiger partial charge in [0.2, 0.25) is 0 Å². The van der Waals surface area contributed by atoms with Gasteiger partial charge in [-0.1, -0.05) is 44.6 Å². The number of hydrogen-bond acceptors (Lipinski definition) is 1. The summed E-state index contributed by atoms with van der Waals surface area (Å²) in [5.41, 5.74) is 4.40. The largest absolute Gasteiger partial charge is 0.303 e. The topological polar surface area (TPSA) is 17.3 Å². The first-order chi connectivity index (χ1) is 10.4. The third-order valence-corrected chi connectivity index (χ3v) is 5.49. The molecule has 2 heterocycles. The minimum Gasteiger partial charge on any atom is -0.303 e. The second kappa shape index (κ2) is 5.82. The average Bonchev–Trinajstić information content (AvgIpc) is 3.25. The number of aryl methyl sites for hydroxylation is 1. The zero-order valence-electron chi connectivity index (χ0n) is 12.9. The quantitative estimate of drug-likeness (QED) is 0.744. The van der Waals surface area contributed by atoms with Crippen LogP contribution in [0.3, 0.4) is 0 Å². The summed E-state index contributed by atoms with van der Waals surface area (Å²) in [5, 5.41) is 0. The van der Waals surface area contributed by atoms with Gasteiger partial charge in [0.05, 0.1) is 18.0 Å². The molecule has 0 radical (unpaired) electrons. The summed E-state index contributed by atoms with van der Waals surface area (Å²) in [5.74, 6) is 1.84. The van der Waals surface area contributed by atoms with E-state index in [9.17, 15) is 0 Å². The minimum absolute atomic E-state index is 0.835. The molecule has 0 spiro atoms. The predicted octanol–water partition coefficient (Wildman–Crippen LogP) is 5.11. The van der Waals surface area contributed by atoms with E-state index in [4.69, 9.17) is 0 Å². The Hall–Kier alpha value is -1.31. The third-order valence-electron chi connectivity index (χ3n) is 5.49. The molecule has 2 nitrogen and oxygen atoms in total. The van der Waals surface area contributed by atoms with E-state index in [-0.39, 0.29) is 0 Å². The molecule has 0 bridgehead atoms. The lowest BCUT2D eigenvalue weighted by Crippen LogP contribution is -2.08. The lowest BCUT2D eigenvalue weighted by molar-refractivity contribution is 0.332. The normalized spacial score (nSPS) is 20.2. The van der Waals surface area contributed by atoms with E-state index >= 15 is 0 Å². The van der Waals surface area contributed by atoms with Gasteiger partial charge < -0.3 is 4.40 Å². The van der Waals surface area contributed by atoms with Crippen LogP contribution in [0.15, 0.2) is 24.7 Å². The lowest BCUT2D eigenvalue weighted by atomic mass is 9.85. The van der Waals surface area contributed by atoms with E-state index in [0.717, 1.165) is 11.8 Å². The monoisotopic (exact) mass is 282 g/mol. The van der Waals surface area contributed by atoms with Gasteiger partial charge in [-0.2, -0.15) is 0 Å². The number of imidazole rings is 1. The van der Waals surface area contributed by atoms with Crippen molar-refractivity contribution >= 4 is 5.52 Å². The predicted molar refractivity (Wildman–Crippen MR) is 86.7 cm³/mol. The van der Waals surface area contributed by atoms with Gasteiger partial charge in [0.25, 0.3) is 0 Å². The van der Waals surface area contributed by atoms with E-state index in [1.807, 2.05) is 12.5 Å². The first kappa shape index (κ1) is 13.4. The first-order valence-corrected chi connectivity index (χ1v) is 8.85. The Labute approximate surface area is 127 Å². The Morgan fingerprint density at radius 2 is 1.90 bits per heavy atom. The Bertz CT molecular complexity index is 603. The van der Waals surface area contributed by atoms with Gasteiger partial charge in [0, 0.05) is 5.69 Å². The van der Waals surface area contributed by atoms with Crippen molar-refractivity contribution in [1.82, 2.24) is 9.38 Å². The highest BCUT2D eigenvalue weighted by molar-refractivity contribution is 5.49. The Morgan fingerprint density at radius 1 is 1.05 bits per heavy atom. The van der Waals surface area contributed by atoms with Crippen LogP contribution in [0.4, 0.5) is 0 Å². The highest BCUT2D eigenvalue weighted by Gasteiger charge is 2.27. The number of pyridine rings is 1. The summed E-state index contributed by atoms with van der Waals surface area (Å²) in [6, 6.07) is 4.61. The molecule has 2 aliphatic rings. The van der Waals surface area contributed by atoms with Crippen molar-refractivity contribution in [3.8, 4) is 0 Å². The summed E-state index contributed by atoms with van der Waals surface area (Å²) < 4.78 is 2.34. The van der Waals surface area contributed by atoms with Crippen molar-refractivity contribution in [2.45, 2.75) is 70.1 Å². The van der Waals surface area contributed by atoms with Crippen molar-refractivity contribution in [1.29, 1.82) is 0 Å². The maximum absolute atomic E-state index is 4.34. The molecule has 2 aliphatic carbocycles. The molecule has 0 unspecified atom stereocenters. The Morgan fingerprint density at radius 3 is 2.71 bits per heavy atom. The van der Waals surface area contributed by atoms with Gasteiger partial charge in [-0.15, -0.1) is 0 Å². The van der Waals surface area contributed by atoms with Crippen molar-refractivity contribution in [3.05, 3.63) is 35.9 Å². The SMILES string of the molecule is c1cc2cncn2c(CCCC2CCCCC2)c1C1CC1. The molecule has 21 heavy (non-hydrogen) atoms. The third kappa shape index (κ3) is 2.86. The molecule has 0 atom stereocenters. The highest BCUT2D eigenvalue weighted by atomic mass is 15.0. The van der Waals surface area contributed by atoms with Gasteiger partial charge in [0.15, 0.2) is 0 Å². The zero-order chi connectivity index (χ0) is 14.1. The van der Waals surface area contributed by atoms with E-state index < -0.39 is 0 Å². The van der Waals surface area contributed by atoms with Crippen LogP contribution >= 0.6 is 0 Å². The first-order valence-electron chi connectivity index (χ1n) is 8.85. The van der Waals surface area contributed by atoms with Crippen molar-refractivity contribution < 1.29 is 0 Å². The summed E-state index contributed by atoms with van der Waals surface area (Å²) >= 11 is 0. The molecule has 0 aromatic carbocycles. The van der Waals surface area contributed by atoms with E-state index in [1.54, 1.807) is 11.3 Å². The number of fused-ring (bicyclic) bond motifs is 1. The fourth-order valence-electron chi connectivity index (χ4n) is 4.13. The van der Waals surface area contributed by atoms with Crippen LogP contribution < -0.4 is 0 Å². The Kier molecular flexibility index (Phi) is 3.71. The number of aromatic nitrogens is 2. The van der Waals surface area contributed by atoms with Crippen molar-refractivity contribution in [2.24, 2.45) is 5.92 Å². The second-order valence-corrected chi connectivity index (χ2v) is 7.09. The van der Waals surface area contributed by atoms with E-state index in [1.165, 1.54) is 69.7 Å². The van der Waals surface area contributed by atoms with Gasteiger partial charge in [0.1, 0.15) is 0 Å². The molecule has 4 rings (SSSR count). The van der Waals surface area contributed by atoms with Crippen LogP contribution in [0.1, 0.15) is 75.0 Å². The second-order valence-electron chi connectivity index (χ2n) is 7.09. The Balaban J connectivity index is 1.48. The van der Waals surface area contributed by atoms with Crippen LogP contribution in [-0.2, 0) is 6.42 Å². The van der Waals surface area contributed by atoms with Crippen molar-refractivity contribution in [2.75, 3.05) is 0 Å². The van der Waals surface area contributed by atoms with E-state index in [2.05, 4.69) is 21.5 Å². The smallest absolute Gasteiger partial charge is 0.0994 e. The van der Waals surface area contributed by atoms with Crippen LogP contribution in [0.2, 0.25) is 0 Å². The summed E-state index contributed by atoms with van der Waals surface area (Å²) in [7, 11) is 0.